The van der Waals surface area contributed by atoms with E-state index in [-0.39, 0.29) is 0 Å². The van der Waals surface area contributed by atoms with Gasteiger partial charge in [-0.2, -0.15) is 0 Å². The van der Waals surface area contributed by atoms with Crippen LogP contribution in [0.3, 0.4) is 0 Å². The maximum Gasteiger partial charge on any atom is 0.0625 e. The molecule has 1 N–H and O–H groups in total. The van der Waals surface area contributed by atoms with Gasteiger partial charge in [-0.25, -0.2) is 0 Å². The van der Waals surface area contributed by atoms with Crippen LogP contribution < -0.4 is 0 Å². The Labute approximate surface area is 157 Å². The molecule has 0 radical (unpaired) electrons. The maximum atomic E-state index is 10.7. The zero-order chi connectivity index (χ0) is 19.0. The smallest absolute Gasteiger partial charge is 0.0625 e. The molecule has 0 bridgehead atoms. The standard InChI is InChI=1S/C24H42O/c1-18(2)10-8-11-19(3)12-9-14-24(7,25)15-13-23-17-21(5)20(4)16-22(23)6/h12,18,25H,8-11,13-17H2,1-7H3. The largest absolute Gasteiger partial charge is 0.390 e. The zero-order valence-electron chi connectivity index (χ0n) is 18.0. The van der Waals surface area contributed by atoms with Crippen LogP contribution in [0.1, 0.15) is 106 Å². The molecule has 0 heterocycles. The normalized spacial score (nSPS) is 19.0. The third-order valence-corrected chi connectivity index (χ3v) is 5.83. The molecule has 1 nitrogen and oxygen atoms in total. The van der Waals surface area contributed by atoms with Crippen molar-refractivity contribution < 1.29 is 5.11 Å². The predicted octanol–water partition coefficient (Wildman–Crippen LogP) is 7.52. The van der Waals surface area contributed by atoms with Gasteiger partial charge in [0.15, 0.2) is 0 Å². The van der Waals surface area contributed by atoms with Crippen molar-refractivity contribution in [1.82, 2.24) is 0 Å². The highest BCUT2D eigenvalue weighted by molar-refractivity contribution is 5.31. The van der Waals surface area contributed by atoms with Crippen LogP contribution in [-0.2, 0) is 0 Å². The molecular formula is C24H42O. The Morgan fingerprint density at radius 2 is 1.72 bits per heavy atom. The van der Waals surface area contributed by atoms with Crippen LogP contribution in [0.5, 0.6) is 0 Å². The molecule has 1 unspecified atom stereocenters. The van der Waals surface area contributed by atoms with Gasteiger partial charge in [0.25, 0.3) is 0 Å². The monoisotopic (exact) mass is 346 g/mol. The second-order valence-electron chi connectivity index (χ2n) is 9.17. The van der Waals surface area contributed by atoms with Crippen molar-refractivity contribution in [2.24, 2.45) is 5.92 Å². The molecule has 0 amide bonds. The molecule has 25 heavy (non-hydrogen) atoms. The van der Waals surface area contributed by atoms with Crippen LogP contribution in [0.15, 0.2) is 33.9 Å². The number of allylic oxidation sites excluding steroid dienone is 6. The molecule has 1 atom stereocenters. The number of aliphatic hydroxyl groups is 1. The molecule has 1 heteroatoms. The van der Waals surface area contributed by atoms with E-state index in [9.17, 15) is 5.11 Å². The molecular weight excluding hydrogens is 304 g/mol. The second-order valence-corrected chi connectivity index (χ2v) is 9.17. The third kappa shape index (κ3) is 8.90. The molecule has 144 valence electrons. The summed E-state index contributed by atoms with van der Waals surface area (Å²) in [5, 5.41) is 10.7. The number of rotatable bonds is 10. The summed E-state index contributed by atoms with van der Waals surface area (Å²) >= 11 is 0. The van der Waals surface area contributed by atoms with E-state index in [1.54, 1.807) is 5.57 Å². The highest BCUT2D eigenvalue weighted by atomic mass is 16.3. The van der Waals surface area contributed by atoms with Crippen molar-refractivity contribution >= 4 is 0 Å². The lowest BCUT2D eigenvalue weighted by atomic mass is 9.83. The minimum atomic E-state index is -0.550. The van der Waals surface area contributed by atoms with Crippen LogP contribution in [0.2, 0.25) is 0 Å². The molecule has 0 saturated heterocycles. The van der Waals surface area contributed by atoms with Gasteiger partial charge in [0, 0.05) is 0 Å². The van der Waals surface area contributed by atoms with Gasteiger partial charge in [0.1, 0.15) is 0 Å². The first-order valence-electron chi connectivity index (χ1n) is 10.3. The SMILES string of the molecule is CC(=CCCC(C)(O)CCC1=C(C)CC(C)=C(C)C1)CCCC(C)C. The zero-order valence-corrected chi connectivity index (χ0v) is 18.0. The van der Waals surface area contributed by atoms with Gasteiger partial charge >= 0.3 is 0 Å². The van der Waals surface area contributed by atoms with Gasteiger partial charge in [0.05, 0.1) is 5.60 Å². The number of hydrogen-bond donors (Lipinski definition) is 1. The summed E-state index contributed by atoms with van der Waals surface area (Å²) in [5.41, 5.74) is 7.08. The first-order chi connectivity index (χ1) is 11.6. The third-order valence-electron chi connectivity index (χ3n) is 5.83. The van der Waals surface area contributed by atoms with Gasteiger partial charge in [-0.15, -0.1) is 0 Å². The summed E-state index contributed by atoms with van der Waals surface area (Å²) in [6.45, 7) is 15.6. The van der Waals surface area contributed by atoms with Crippen LogP contribution in [0.25, 0.3) is 0 Å². The lowest BCUT2D eigenvalue weighted by Gasteiger charge is -2.26. The Morgan fingerprint density at radius 1 is 1.08 bits per heavy atom. The lowest BCUT2D eigenvalue weighted by molar-refractivity contribution is 0.0430. The highest BCUT2D eigenvalue weighted by Gasteiger charge is 2.21. The van der Waals surface area contributed by atoms with E-state index in [1.807, 2.05) is 6.92 Å². The summed E-state index contributed by atoms with van der Waals surface area (Å²) in [7, 11) is 0. The molecule has 1 aliphatic carbocycles. The summed E-state index contributed by atoms with van der Waals surface area (Å²) in [6.07, 6.45) is 12.2. The highest BCUT2D eigenvalue weighted by Crippen LogP contribution is 2.33. The Hall–Kier alpha value is -0.820. The van der Waals surface area contributed by atoms with Gasteiger partial charge in [-0.3, -0.25) is 0 Å². The van der Waals surface area contributed by atoms with Crippen LogP contribution in [0, 0.1) is 5.92 Å². The Balaban J connectivity index is 2.37. The summed E-state index contributed by atoms with van der Waals surface area (Å²) in [5.74, 6) is 0.799. The first kappa shape index (κ1) is 22.2. The lowest BCUT2D eigenvalue weighted by Crippen LogP contribution is -2.24. The van der Waals surface area contributed by atoms with Crippen molar-refractivity contribution in [3.05, 3.63) is 33.9 Å². The molecule has 0 aromatic carbocycles. The molecule has 1 rings (SSSR count). The van der Waals surface area contributed by atoms with Gasteiger partial charge in [-0.05, 0) is 91.9 Å². The molecule has 0 aromatic rings. The van der Waals surface area contributed by atoms with Crippen LogP contribution >= 0.6 is 0 Å². The molecule has 0 fully saturated rings. The number of hydrogen-bond acceptors (Lipinski definition) is 1. The average Bonchev–Trinajstić information content (AvgIpc) is 2.49. The average molecular weight is 347 g/mol. The minimum Gasteiger partial charge on any atom is -0.390 e. The van der Waals surface area contributed by atoms with E-state index in [4.69, 9.17) is 0 Å². The van der Waals surface area contributed by atoms with E-state index in [2.05, 4.69) is 47.6 Å². The molecule has 0 saturated carbocycles. The summed E-state index contributed by atoms with van der Waals surface area (Å²) in [4.78, 5) is 0. The molecule has 0 spiro atoms. The minimum absolute atomic E-state index is 0.550. The van der Waals surface area contributed by atoms with Crippen molar-refractivity contribution in [3.8, 4) is 0 Å². The van der Waals surface area contributed by atoms with Crippen molar-refractivity contribution in [1.29, 1.82) is 0 Å². The molecule has 0 aliphatic heterocycles. The van der Waals surface area contributed by atoms with Crippen molar-refractivity contribution in [3.63, 3.8) is 0 Å². The van der Waals surface area contributed by atoms with E-state index >= 15 is 0 Å². The quantitative estimate of drug-likeness (QED) is 0.406. The van der Waals surface area contributed by atoms with E-state index in [1.165, 1.54) is 41.6 Å². The van der Waals surface area contributed by atoms with Gasteiger partial charge in [-0.1, -0.05) is 54.2 Å². The van der Waals surface area contributed by atoms with Gasteiger partial charge < -0.3 is 5.11 Å². The Kier molecular flexibility index (Phi) is 9.21. The van der Waals surface area contributed by atoms with Crippen molar-refractivity contribution in [2.75, 3.05) is 0 Å². The molecule has 1 aliphatic rings. The maximum absolute atomic E-state index is 10.7. The predicted molar refractivity (Wildman–Crippen MR) is 112 cm³/mol. The summed E-state index contributed by atoms with van der Waals surface area (Å²) < 4.78 is 0. The topological polar surface area (TPSA) is 20.2 Å². The Bertz CT molecular complexity index is 514. The fraction of sp³-hybridized carbons (Fsp3) is 0.750. The van der Waals surface area contributed by atoms with Crippen LogP contribution in [-0.4, -0.2) is 10.7 Å². The first-order valence-corrected chi connectivity index (χ1v) is 10.3. The van der Waals surface area contributed by atoms with Crippen LogP contribution in [0.4, 0.5) is 0 Å². The fourth-order valence-electron chi connectivity index (χ4n) is 3.66. The van der Waals surface area contributed by atoms with E-state index in [0.29, 0.717) is 0 Å². The molecule has 0 aromatic heterocycles. The van der Waals surface area contributed by atoms with Gasteiger partial charge in [0.2, 0.25) is 0 Å². The Morgan fingerprint density at radius 3 is 2.36 bits per heavy atom. The van der Waals surface area contributed by atoms with E-state index in [0.717, 1.165) is 44.4 Å². The van der Waals surface area contributed by atoms with Crippen molar-refractivity contribution in [2.45, 2.75) is 112 Å². The second kappa shape index (κ2) is 10.4. The summed E-state index contributed by atoms with van der Waals surface area (Å²) in [6, 6.07) is 0. The fourth-order valence-corrected chi connectivity index (χ4v) is 3.66. The van der Waals surface area contributed by atoms with E-state index < -0.39 is 5.60 Å².